The monoisotopic (exact) mass is 406 g/mol. The zero-order chi connectivity index (χ0) is 19.5. The summed E-state index contributed by atoms with van der Waals surface area (Å²) in [6.07, 6.45) is -4.59. The third-order valence-electron chi connectivity index (χ3n) is 3.13. The summed E-state index contributed by atoms with van der Waals surface area (Å²) >= 11 is 11.5. The Morgan fingerprint density at radius 2 is 1.73 bits per heavy atom. The number of benzene rings is 2. The van der Waals surface area contributed by atoms with E-state index in [0.29, 0.717) is 6.07 Å². The summed E-state index contributed by atoms with van der Waals surface area (Å²) < 4.78 is 42.9. The van der Waals surface area contributed by atoms with Crippen molar-refractivity contribution in [3.63, 3.8) is 0 Å². The minimum Gasteiger partial charge on any atom is -0.452 e. The molecule has 2 aromatic rings. The van der Waals surface area contributed by atoms with Crippen LogP contribution in [0.2, 0.25) is 10.0 Å². The third-order valence-corrected chi connectivity index (χ3v) is 3.81. The predicted octanol–water partition coefficient (Wildman–Crippen LogP) is 4.39. The molecule has 0 bridgehead atoms. The molecule has 0 unspecified atom stereocenters. The fourth-order valence-corrected chi connectivity index (χ4v) is 2.15. The van der Waals surface area contributed by atoms with E-state index in [9.17, 15) is 22.8 Å². The van der Waals surface area contributed by atoms with Gasteiger partial charge in [-0.25, -0.2) is 4.79 Å². The van der Waals surface area contributed by atoms with Gasteiger partial charge in [-0.05, 0) is 36.4 Å². The van der Waals surface area contributed by atoms with E-state index in [0.717, 1.165) is 12.1 Å². The van der Waals surface area contributed by atoms with Crippen molar-refractivity contribution in [3.8, 4) is 0 Å². The highest BCUT2D eigenvalue weighted by Crippen LogP contribution is 2.33. The average Bonchev–Trinajstić information content (AvgIpc) is 2.56. The fraction of sp³-hybridized carbons (Fsp3) is 0.125. The molecule has 26 heavy (non-hydrogen) atoms. The topological polar surface area (TPSA) is 81.4 Å². The number of hydrogen-bond donors (Lipinski definition) is 2. The second kappa shape index (κ2) is 7.84. The maximum Gasteiger partial charge on any atom is 0.416 e. The summed E-state index contributed by atoms with van der Waals surface area (Å²) in [4.78, 5) is 23.7. The van der Waals surface area contributed by atoms with Crippen molar-refractivity contribution < 1.29 is 27.5 Å². The van der Waals surface area contributed by atoms with Crippen molar-refractivity contribution >= 4 is 46.5 Å². The molecule has 10 heteroatoms. The summed E-state index contributed by atoms with van der Waals surface area (Å²) in [5.74, 6) is -1.71. The van der Waals surface area contributed by atoms with Crippen LogP contribution in [0.5, 0.6) is 0 Å². The Labute approximate surface area is 155 Å². The smallest absolute Gasteiger partial charge is 0.416 e. The van der Waals surface area contributed by atoms with E-state index < -0.39 is 30.2 Å². The van der Waals surface area contributed by atoms with Gasteiger partial charge in [-0.2, -0.15) is 13.2 Å². The lowest BCUT2D eigenvalue weighted by Crippen LogP contribution is -2.21. The molecule has 0 aliphatic carbocycles. The molecule has 0 saturated heterocycles. The quantitative estimate of drug-likeness (QED) is 0.582. The highest BCUT2D eigenvalue weighted by molar-refractivity contribution is 6.34. The summed E-state index contributed by atoms with van der Waals surface area (Å²) in [6, 6.07) is 6.47. The standard InChI is InChI=1S/C16H11Cl2F3N2O3/c17-10-3-1-8(5-12(10)22)15(25)26-7-14(24)23-13-6-9(16(19,20)21)2-4-11(13)18/h1-6H,7,22H2,(H,23,24). The molecule has 0 aliphatic heterocycles. The average molecular weight is 407 g/mol. The van der Waals surface area contributed by atoms with Gasteiger partial charge in [-0.15, -0.1) is 0 Å². The van der Waals surface area contributed by atoms with E-state index in [4.69, 9.17) is 33.7 Å². The number of nitrogen functional groups attached to an aromatic ring is 1. The van der Waals surface area contributed by atoms with Crippen molar-refractivity contribution in [2.45, 2.75) is 6.18 Å². The predicted molar refractivity (Wildman–Crippen MR) is 91.2 cm³/mol. The van der Waals surface area contributed by atoms with E-state index >= 15 is 0 Å². The van der Waals surface area contributed by atoms with E-state index in [-0.39, 0.29) is 27.0 Å². The second-order valence-corrected chi connectivity index (χ2v) is 5.87. The van der Waals surface area contributed by atoms with Gasteiger partial charge in [0.2, 0.25) is 0 Å². The number of amides is 1. The van der Waals surface area contributed by atoms with E-state index in [1.54, 1.807) is 0 Å². The van der Waals surface area contributed by atoms with Crippen LogP contribution in [0.1, 0.15) is 15.9 Å². The van der Waals surface area contributed by atoms with Gasteiger partial charge in [0.05, 0.1) is 32.5 Å². The largest absolute Gasteiger partial charge is 0.452 e. The molecule has 3 N–H and O–H groups in total. The molecular formula is C16H11Cl2F3N2O3. The number of nitrogens with two attached hydrogens (primary N) is 1. The maximum absolute atomic E-state index is 12.7. The van der Waals surface area contributed by atoms with Gasteiger partial charge in [0.25, 0.3) is 5.91 Å². The van der Waals surface area contributed by atoms with Gasteiger partial charge in [0, 0.05) is 0 Å². The molecule has 0 aliphatic rings. The number of carbonyl (C=O) groups is 2. The molecule has 0 radical (unpaired) electrons. The van der Waals surface area contributed by atoms with Crippen LogP contribution >= 0.6 is 23.2 Å². The maximum atomic E-state index is 12.7. The number of esters is 1. The Morgan fingerprint density at radius 3 is 2.35 bits per heavy atom. The Kier molecular flexibility index (Phi) is 5.99. The fourth-order valence-electron chi connectivity index (χ4n) is 1.87. The van der Waals surface area contributed by atoms with Crippen molar-refractivity contribution in [1.29, 1.82) is 0 Å². The van der Waals surface area contributed by atoms with Crippen LogP contribution in [0.15, 0.2) is 36.4 Å². The number of hydrogen-bond acceptors (Lipinski definition) is 4. The molecule has 0 aromatic heterocycles. The number of anilines is 2. The van der Waals surface area contributed by atoms with Crippen LogP contribution in [0.25, 0.3) is 0 Å². The minimum atomic E-state index is -4.59. The molecule has 2 aromatic carbocycles. The molecule has 5 nitrogen and oxygen atoms in total. The highest BCUT2D eigenvalue weighted by Gasteiger charge is 2.31. The second-order valence-electron chi connectivity index (χ2n) is 5.05. The molecule has 0 saturated carbocycles. The lowest BCUT2D eigenvalue weighted by Gasteiger charge is -2.12. The lowest BCUT2D eigenvalue weighted by molar-refractivity contribution is -0.137. The van der Waals surface area contributed by atoms with Crippen LogP contribution in [-0.4, -0.2) is 18.5 Å². The number of nitrogens with one attached hydrogen (secondary N) is 1. The number of carbonyl (C=O) groups excluding carboxylic acids is 2. The van der Waals surface area contributed by atoms with Crippen LogP contribution in [0, 0.1) is 0 Å². The normalized spacial score (nSPS) is 11.1. The van der Waals surface area contributed by atoms with E-state index in [1.807, 2.05) is 0 Å². The number of rotatable bonds is 4. The molecule has 2 rings (SSSR count). The first-order chi connectivity index (χ1) is 12.1. The molecule has 0 atom stereocenters. The first kappa shape index (κ1) is 19.9. The number of alkyl halides is 3. The lowest BCUT2D eigenvalue weighted by atomic mass is 10.2. The molecule has 0 heterocycles. The number of ether oxygens (including phenoxy) is 1. The van der Waals surface area contributed by atoms with Crippen LogP contribution < -0.4 is 11.1 Å². The Bertz CT molecular complexity index is 857. The summed E-state index contributed by atoms with van der Waals surface area (Å²) in [6.45, 7) is -0.728. The van der Waals surface area contributed by atoms with Crippen LogP contribution in [0.4, 0.5) is 24.5 Å². The summed E-state index contributed by atoms with van der Waals surface area (Å²) in [5.41, 5.74) is 4.55. The number of halogens is 5. The van der Waals surface area contributed by atoms with Gasteiger partial charge in [0.15, 0.2) is 6.61 Å². The van der Waals surface area contributed by atoms with Crippen LogP contribution in [-0.2, 0) is 15.7 Å². The first-order valence-corrected chi connectivity index (χ1v) is 7.72. The zero-order valence-corrected chi connectivity index (χ0v) is 14.4. The van der Waals surface area contributed by atoms with Crippen molar-refractivity contribution in [2.75, 3.05) is 17.7 Å². The molecule has 0 fully saturated rings. The van der Waals surface area contributed by atoms with Crippen molar-refractivity contribution in [2.24, 2.45) is 0 Å². The summed E-state index contributed by atoms with van der Waals surface area (Å²) in [7, 11) is 0. The molecule has 0 spiro atoms. The Balaban J connectivity index is 2.00. The Morgan fingerprint density at radius 1 is 1.08 bits per heavy atom. The summed E-state index contributed by atoms with van der Waals surface area (Å²) in [5, 5.41) is 2.31. The first-order valence-electron chi connectivity index (χ1n) is 6.96. The van der Waals surface area contributed by atoms with Gasteiger partial charge < -0.3 is 15.8 Å². The molecular weight excluding hydrogens is 396 g/mol. The minimum absolute atomic E-state index is 0.0665. The van der Waals surface area contributed by atoms with E-state index in [2.05, 4.69) is 5.32 Å². The van der Waals surface area contributed by atoms with Gasteiger partial charge in [-0.3, -0.25) is 4.79 Å². The SMILES string of the molecule is Nc1cc(C(=O)OCC(=O)Nc2cc(C(F)(F)F)ccc2Cl)ccc1Cl. The van der Waals surface area contributed by atoms with E-state index in [1.165, 1.54) is 18.2 Å². The van der Waals surface area contributed by atoms with Gasteiger partial charge >= 0.3 is 12.1 Å². The van der Waals surface area contributed by atoms with Gasteiger partial charge in [-0.1, -0.05) is 23.2 Å². The highest BCUT2D eigenvalue weighted by atomic mass is 35.5. The molecule has 1 amide bonds. The van der Waals surface area contributed by atoms with Crippen molar-refractivity contribution in [3.05, 3.63) is 57.6 Å². The molecule has 138 valence electrons. The van der Waals surface area contributed by atoms with Crippen molar-refractivity contribution in [1.82, 2.24) is 0 Å². The van der Waals surface area contributed by atoms with Crippen LogP contribution in [0.3, 0.4) is 0 Å². The zero-order valence-electron chi connectivity index (χ0n) is 12.9. The Hall–Kier alpha value is -2.45. The third kappa shape index (κ3) is 5.03. The van der Waals surface area contributed by atoms with Gasteiger partial charge in [0.1, 0.15) is 0 Å².